The summed E-state index contributed by atoms with van der Waals surface area (Å²) in [4.78, 5) is 9.22. The van der Waals surface area contributed by atoms with Crippen molar-refractivity contribution in [1.82, 2.24) is 0 Å². The fraction of sp³-hybridized carbons (Fsp3) is 0.500. The number of nitrogens with two attached hydrogens (primary N) is 1. The van der Waals surface area contributed by atoms with E-state index < -0.39 is 0 Å². The van der Waals surface area contributed by atoms with E-state index in [0.717, 1.165) is 0 Å². The van der Waals surface area contributed by atoms with E-state index in [4.69, 9.17) is 0 Å². The Morgan fingerprint density at radius 1 is 1.83 bits per heavy atom. The summed E-state index contributed by atoms with van der Waals surface area (Å²) in [6.07, 6.45) is 0. The molecule has 0 aliphatic rings. The van der Waals surface area contributed by atoms with Gasteiger partial charge in [-0.15, -0.1) is 12.4 Å². The van der Waals surface area contributed by atoms with Crippen molar-refractivity contribution >= 4 is 56.1 Å². The maximum atomic E-state index is 9.22. The van der Waals surface area contributed by atoms with Crippen LogP contribution in [0.25, 0.3) is 0 Å². The van der Waals surface area contributed by atoms with E-state index in [9.17, 15) is 4.79 Å². The van der Waals surface area contributed by atoms with Crippen molar-refractivity contribution in [2.24, 2.45) is 5.73 Å². The van der Waals surface area contributed by atoms with Crippen LogP contribution in [0.5, 0.6) is 0 Å². The summed E-state index contributed by atoms with van der Waals surface area (Å²) in [5.41, 5.74) is 4.47. The standard InChI is InChI=1S/C2H5NO.Ca.ClH.2H/c1-2(3)4;;;;/h1H3,(H2,3,4);;1H;;/q;+2;;2*-1. The van der Waals surface area contributed by atoms with Crippen LogP contribution in [0.1, 0.15) is 9.78 Å². The zero-order valence-corrected chi connectivity index (χ0v) is 6.63. The maximum absolute atomic E-state index is 9.22. The normalized spacial score (nSPS) is 4.17. The minimum absolute atomic E-state index is 0. The van der Waals surface area contributed by atoms with Crippen molar-refractivity contribution in [3.8, 4) is 0 Å². The van der Waals surface area contributed by atoms with Gasteiger partial charge in [0.2, 0.25) is 5.91 Å². The molecule has 0 radical (unpaired) electrons. The number of hydrogen-bond donors (Lipinski definition) is 1. The molecule has 0 atom stereocenters. The van der Waals surface area contributed by atoms with Gasteiger partial charge in [-0.05, 0) is 0 Å². The summed E-state index contributed by atoms with van der Waals surface area (Å²) in [5.74, 6) is -0.333. The van der Waals surface area contributed by atoms with Crippen molar-refractivity contribution in [2.75, 3.05) is 0 Å². The molecule has 0 rings (SSSR count). The third-order valence-corrected chi connectivity index (χ3v) is 0. The van der Waals surface area contributed by atoms with Gasteiger partial charge in [-0.25, -0.2) is 0 Å². The first-order valence-corrected chi connectivity index (χ1v) is 0.993. The van der Waals surface area contributed by atoms with Crippen LogP contribution >= 0.6 is 12.4 Å². The number of hydrogen-bond acceptors (Lipinski definition) is 1. The predicted octanol–water partition coefficient (Wildman–Crippen LogP) is -0.242. The Hall–Kier alpha value is 1.02. The SMILES string of the molecule is CC(N)=O.Cl.[Ca+2].[H-].[H-]. The molecular weight excluding hydrogens is 130 g/mol. The molecule has 0 aromatic carbocycles. The summed E-state index contributed by atoms with van der Waals surface area (Å²) in [5, 5.41) is 0. The molecule has 36 valence electrons. The second-order valence-corrected chi connectivity index (χ2v) is 0.611. The van der Waals surface area contributed by atoms with Gasteiger partial charge in [0.15, 0.2) is 0 Å². The fourth-order valence-electron chi connectivity index (χ4n) is 0. The Bertz CT molecular complexity index is 43.0. The summed E-state index contributed by atoms with van der Waals surface area (Å²) < 4.78 is 0. The van der Waals surface area contributed by atoms with Crippen LogP contribution in [0.3, 0.4) is 0 Å². The average Bonchev–Trinajstić information content (AvgIpc) is 0.811. The molecule has 0 fully saturated rings. The number of primary amides is 1. The van der Waals surface area contributed by atoms with Crippen LogP contribution in [0, 0.1) is 0 Å². The minimum Gasteiger partial charge on any atom is -1.00 e. The van der Waals surface area contributed by atoms with Gasteiger partial charge in [0.25, 0.3) is 0 Å². The molecule has 0 bridgehead atoms. The van der Waals surface area contributed by atoms with Crippen LogP contribution in [-0.2, 0) is 4.79 Å². The topological polar surface area (TPSA) is 43.1 Å². The summed E-state index contributed by atoms with van der Waals surface area (Å²) >= 11 is 0. The van der Waals surface area contributed by atoms with Crippen LogP contribution in [0.15, 0.2) is 0 Å². The molecule has 0 saturated heterocycles. The van der Waals surface area contributed by atoms with Crippen molar-refractivity contribution in [3.63, 3.8) is 0 Å². The minimum atomic E-state index is -0.333. The number of halogens is 1. The quantitative estimate of drug-likeness (QED) is 0.460. The first kappa shape index (κ1) is 15.7. The summed E-state index contributed by atoms with van der Waals surface area (Å²) in [6.45, 7) is 1.31. The van der Waals surface area contributed by atoms with Crippen LogP contribution in [-0.4, -0.2) is 43.6 Å². The maximum Gasteiger partial charge on any atom is 2.00 e. The van der Waals surface area contributed by atoms with Crippen molar-refractivity contribution in [2.45, 2.75) is 6.92 Å². The third kappa shape index (κ3) is 78.0. The number of carbonyl (C=O) groups is 1. The Labute approximate surface area is 75.8 Å². The number of carbonyl (C=O) groups excluding carboxylic acids is 1. The average molecular weight is 138 g/mol. The Balaban J connectivity index is -0.00000000750. The van der Waals surface area contributed by atoms with Crippen LogP contribution < -0.4 is 5.73 Å². The Morgan fingerprint density at radius 3 is 1.83 bits per heavy atom. The van der Waals surface area contributed by atoms with Gasteiger partial charge in [0.1, 0.15) is 0 Å². The van der Waals surface area contributed by atoms with E-state index in [1.165, 1.54) is 6.92 Å². The van der Waals surface area contributed by atoms with E-state index in [-0.39, 0.29) is 58.9 Å². The molecule has 2 nitrogen and oxygen atoms in total. The largest absolute Gasteiger partial charge is 2.00 e. The monoisotopic (exact) mass is 137 g/mol. The van der Waals surface area contributed by atoms with Gasteiger partial charge in [0.05, 0.1) is 0 Å². The molecule has 0 aliphatic heterocycles. The van der Waals surface area contributed by atoms with Crippen molar-refractivity contribution < 1.29 is 7.65 Å². The molecule has 2 N–H and O–H groups in total. The van der Waals surface area contributed by atoms with Gasteiger partial charge >= 0.3 is 37.7 Å². The third-order valence-electron chi connectivity index (χ3n) is 0. The molecule has 0 aromatic heterocycles. The van der Waals surface area contributed by atoms with Gasteiger partial charge in [0, 0.05) is 6.92 Å². The molecule has 0 unspecified atom stereocenters. The Kier molecular flexibility index (Phi) is 24.6. The molecular formula is C2H8CaClNO. The van der Waals surface area contributed by atoms with E-state index in [0.29, 0.717) is 0 Å². The molecule has 0 spiro atoms. The summed E-state index contributed by atoms with van der Waals surface area (Å²) in [6, 6.07) is 0. The van der Waals surface area contributed by atoms with E-state index in [1.54, 1.807) is 0 Å². The van der Waals surface area contributed by atoms with Gasteiger partial charge in [-0.2, -0.15) is 0 Å². The van der Waals surface area contributed by atoms with E-state index in [2.05, 4.69) is 5.73 Å². The molecule has 4 heteroatoms. The van der Waals surface area contributed by atoms with E-state index in [1.807, 2.05) is 0 Å². The second-order valence-electron chi connectivity index (χ2n) is 0.611. The summed E-state index contributed by atoms with van der Waals surface area (Å²) in [7, 11) is 0. The van der Waals surface area contributed by atoms with Crippen molar-refractivity contribution in [1.29, 1.82) is 0 Å². The second kappa shape index (κ2) is 9.39. The predicted molar refractivity (Wildman–Crippen MR) is 30.1 cm³/mol. The zero-order valence-electron chi connectivity index (χ0n) is 5.60. The number of amides is 1. The van der Waals surface area contributed by atoms with Crippen LogP contribution in [0.4, 0.5) is 0 Å². The zero-order chi connectivity index (χ0) is 3.58. The van der Waals surface area contributed by atoms with Gasteiger partial charge in [-0.1, -0.05) is 0 Å². The molecule has 0 aliphatic carbocycles. The molecule has 0 saturated carbocycles. The van der Waals surface area contributed by atoms with Gasteiger partial charge < -0.3 is 8.59 Å². The first-order valence-electron chi connectivity index (χ1n) is 0.993. The Morgan fingerprint density at radius 2 is 1.83 bits per heavy atom. The molecule has 6 heavy (non-hydrogen) atoms. The molecule has 1 amide bonds. The van der Waals surface area contributed by atoms with Crippen molar-refractivity contribution in [3.05, 3.63) is 0 Å². The van der Waals surface area contributed by atoms with Crippen LogP contribution in [0.2, 0.25) is 0 Å². The first-order chi connectivity index (χ1) is 1.73. The fourth-order valence-corrected chi connectivity index (χ4v) is 0. The van der Waals surface area contributed by atoms with E-state index >= 15 is 0 Å². The van der Waals surface area contributed by atoms with Gasteiger partial charge in [-0.3, -0.25) is 4.79 Å². The molecule has 0 aromatic rings. The smallest absolute Gasteiger partial charge is 1.00 e. The molecule has 0 heterocycles. The number of rotatable bonds is 0.